The van der Waals surface area contributed by atoms with Gasteiger partial charge in [0.15, 0.2) is 5.16 Å². The van der Waals surface area contributed by atoms with Crippen molar-refractivity contribution in [1.82, 2.24) is 9.55 Å². The largest absolute Gasteiger partial charge is 0.320 e. The Kier molecular flexibility index (Phi) is 6.38. The number of benzene rings is 3. The molecule has 0 aliphatic heterocycles. The highest BCUT2D eigenvalue weighted by molar-refractivity contribution is 7.99. The first kappa shape index (κ1) is 22.4. The van der Waals surface area contributed by atoms with Crippen molar-refractivity contribution in [3.05, 3.63) is 98.0 Å². The first-order valence-electron chi connectivity index (χ1n) is 9.48. The van der Waals surface area contributed by atoms with Crippen molar-refractivity contribution in [3.63, 3.8) is 0 Å². The Morgan fingerprint density at radius 3 is 2.61 bits per heavy atom. The van der Waals surface area contributed by atoms with Gasteiger partial charge in [-0.15, -0.1) is 0 Å². The van der Waals surface area contributed by atoms with E-state index in [9.17, 15) is 24.1 Å². The van der Waals surface area contributed by atoms with Crippen LogP contribution in [0.15, 0.2) is 76.7 Å². The fourth-order valence-electron chi connectivity index (χ4n) is 3.10. The first-order valence-corrected chi connectivity index (χ1v) is 10.8. The smallest absolute Gasteiger partial charge is 0.294 e. The number of thioether (sulfide) groups is 1. The Morgan fingerprint density at radius 1 is 1.15 bits per heavy atom. The minimum absolute atomic E-state index is 0.00241. The van der Waals surface area contributed by atoms with Crippen molar-refractivity contribution in [3.8, 4) is 5.69 Å². The van der Waals surface area contributed by atoms with Gasteiger partial charge in [0.05, 0.1) is 27.3 Å². The van der Waals surface area contributed by atoms with Gasteiger partial charge in [-0.2, -0.15) is 0 Å². The number of aromatic nitrogens is 2. The summed E-state index contributed by atoms with van der Waals surface area (Å²) in [4.78, 5) is 40.8. The minimum atomic E-state index is -0.647. The summed E-state index contributed by atoms with van der Waals surface area (Å²) >= 11 is 6.77. The van der Waals surface area contributed by atoms with Gasteiger partial charge in [0.25, 0.3) is 11.2 Å². The third-order valence-electron chi connectivity index (χ3n) is 4.59. The van der Waals surface area contributed by atoms with Gasteiger partial charge in [-0.05, 0) is 48.5 Å². The number of nitro benzene ring substituents is 1. The molecular weight excluding hydrogens is 471 g/mol. The Hall–Kier alpha value is -3.76. The fourth-order valence-corrected chi connectivity index (χ4v) is 4.08. The van der Waals surface area contributed by atoms with Crippen molar-refractivity contribution in [2.45, 2.75) is 5.16 Å². The van der Waals surface area contributed by atoms with Crippen molar-refractivity contribution in [2.75, 3.05) is 11.1 Å². The van der Waals surface area contributed by atoms with E-state index < -0.39 is 16.6 Å². The number of para-hydroxylation sites is 1. The van der Waals surface area contributed by atoms with Crippen LogP contribution in [-0.2, 0) is 4.79 Å². The molecule has 8 nitrogen and oxygen atoms in total. The molecule has 11 heteroatoms. The molecule has 0 atom stereocenters. The predicted octanol–water partition coefficient (Wildman–Crippen LogP) is 4.82. The van der Waals surface area contributed by atoms with Crippen LogP contribution in [0.2, 0.25) is 5.02 Å². The molecule has 4 rings (SSSR count). The van der Waals surface area contributed by atoms with E-state index in [1.165, 1.54) is 41.0 Å². The predicted molar refractivity (Wildman–Crippen MR) is 125 cm³/mol. The zero-order valence-electron chi connectivity index (χ0n) is 16.7. The molecule has 1 amide bonds. The van der Waals surface area contributed by atoms with E-state index in [0.717, 1.165) is 17.8 Å². The van der Waals surface area contributed by atoms with E-state index in [2.05, 4.69) is 10.3 Å². The van der Waals surface area contributed by atoms with Crippen LogP contribution in [0, 0.1) is 15.9 Å². The molecule has 4 aromatic rings. The van der Waals surface area contributed by atoms with Crippen LogP contribution in [0.5, 0.6) is 0 Å². The van der Waals surface area contributed by atoms with Gasteiger partial charge < -0.3 is 5.32 Å². The standard InChI is InChI=1S/C22H14ClFN4O4S/c23-13-5-10-18(19(11-13)28(31)32)25-20(29)12-33-22-26-17-4-2-1-3-16(17)21(30)27(22)15-8-6-14(24)7-9-15/h1-11H,12H2,(H,25,29). The molecular formula is C22H14ClFN4O4S. The summed E-state index contributed by atoms with van der Waals surface area (Å²) in [6.45, 7) is 0. The summed E-state index contributed by atoms with van der Waals surface area (Å²) in [6, 6.07) is 16.0. The molecule has 0 fully saturated rings. The summed E-state index contributed by atoms with van der Waals surface area (Å²) in [5.74, 6) is -1.19. The van der Waals surface area contributed by atoms with Gasteiger partial charge in [0.1, 0.15) is 11.5 Å². The van der Waals surface area contributed by atoms with E-state index in [1.54, 1.807) is 24.3 Å². The number of amides is 1. The number of halogens is 2. The third kappa shape index (κ3) is 4.86. The van der Waals surface area contributed by atoms with E-state index in [4.69, 9.17) is 11.6 Å². The monoisotopic (exact) mass is 484 g/mol. The maximum atomic E-state index is 13.4. The Labute approximate surface area is 195 Å². The third-order valence-corrected chi connectivity index (χ3v) is 5.77. The summed E-state index contributed by atoms with van der Waals surface area (Å²) in [5.41, 5.74) is 0.113. The second-order valence-corrected chi connectivity index (χ2v) is 8.16. The van der Waals surface area contributed by atoms with Crippen LogP contribution >= 0.6 is 23.4 Å². The summed E-state index contributed by atoms with van der Waals surface area (Å²) in [6.07, 6.45) is 0. The molecule has 1 aromatic heterocycles. The van der Waals surface area contributed by atoms with Crippen molar-refractivity contribution >= 4 is 51.5 Å². The molecule has 0 spiro atoms. The van der Waals surface area contributed by atoms with Crippen molar-refractivity contribution in [1.29, 1.82) is 0 Å². The lowest BCUT2D eigenvalue weighted by Crippen LogP contribution is -2.23. The minimum Gasteiger partial charge on any atom is -0.320 e. The van der Waals surface area contributed by atoms with Crippen molar-refractivity contribution < 1.29 is 14.1 Å². The zero-order valence-corrected chi connectivity index (χ0v) is 18.3. The normalized spacial score (nSPS) is 10.8. The summed E-state index contributed by atoms with van der Waals surface area (Å²) < 4.78 is 14.7. The number of hydrogen-bond acceptors (Lipinski definition) is 6. The van der Waals surface area contributed by atoms with Crippen molar-refractivity contribution in [2.24, 2.45) is 0 Å². The van der Waals surface area contributed by atoms with E-state index >= 15 is 0 Å². The molecule has 1 heterocycles. The molecule has 33 heavy (non-hydrogen) atoms. The average molecular weight is 485 g/mol. The van der Waals surface area contributed by atoms with E-state index in [1.807, 2.05) is 0 Å². The Morgan fingerprint density at radius 2 is 1.88 bits per heavy atom. The van der Waals surface area contributed by atoms with Gasteiger partial charge in [-0.25, -0.2) is 9.37 Å². The topological polar surface area (TPSA) is 107 Å². The lowest BCUT2D eigenvalue weighted by atomic mass is 10.2. The average Bonchev–Trinajstić information content (AvgIpc) is 2.80. The van der Waals surface area contributed by atoms with E-state index in [0.29, 0.717) is 16.6 Å². The lowest BCUT2D eigenvalue weighted by molar-refractivity contribution is -0.383. The van der Waals surface area contributed by atoms with Crippen LogP contribution < -0.4 is 10.9 Å². The highest BCUT2D eigenvalue weighted by Crippen LogP contribution is 2.28. The Balaban J connectivity index is 1.65. The number of nitrogens with one attached hydrogen (secondary N) is 1. The van der Waals surface area contributed by atoms with E-state index in [-0.39, 0.29) is 32.9 Å². The number of anilines is 1. The zero-order chi connectivity index (χ0) is 23.5. The molecule has 0 radical (unpaired) electrons. The number of nitrogens with zero attached hydrogens (tertiary/aromatic N) is 3. The lowest BCUT2D eigenvalue weighted by Gasteiger charge is -2.13. The second-order valence-electron chi connectivity index (χ2n) is 6.78. The van der Waals surface area contributed by atoms with Gasteiger partial charge >= 0.3 is 0 Å². The molecule has 0 unspecified atom stereocenters. The van der Waals surface area contributed by atoms with Crippen LogP contribution in [0.4, 0.5) is 15.8 Å². The SMILES string of the molecule is O=C(CSc1nc2ccccc2c(=O)n1-c1ccc(F)cc1)Nc1ccc(Cl)cc1[N+](=O)[O-]. The number of nitro groups is 1. The number of hydrogen-bond donors (Lipinski definition) is 1. The summed E-state index contributed by atoms with van der Waals surface area (Å²) in [7, 11) is 0. The molecule has 166 valence electrons. The number of rotatable bonds is 6. The maximum absolute atomic E-state index is 13.4. The second kappa shape index (κ2) is 9.39. The van der Waals surface area contributed by atoms with Crippen LogP contribution in [0.1, 0.15) is 0 Å². The van der Waals surface area contributed by atoms with Crippen LogP contribution in [0.3, 0.4) is 0 Å². The molecule has 1 N–H and O–H groups in total. The van der Waals surface area contributed by atoms with Gasteiger partial charge in [-0.1, -0.05) is 35.5 Å². The quantitative estimate of drug-likeness (QED) is 0.182. The highest BCUT2D eigenvalue weighted by Gasteiger charge is 2.18. The van der Waals surface area contributed by atoms with Crippen LogP contribution in [0.25, 0.3) is 16.6 Å². The molecule has 0 saturated carbocycles. The highest BCUT2D eigenvalue weighted by atomic mass is 35.5. The van der Waals surface area contributed by atoms with Gasteiger partial charge in [0.2, 0.25) is 5.91 Å². The van der Waals surface area contributed by atoms with Gasteiger partial charge in [0, 0.05) is 11.1 Å². The number of carbonyl (C=O) groups excluding carboxylic acids is 1. The molecule has 0 saturated heterocycles. The summed E-state index contributed by atoms with van der Waals surface area (Å²) in [5, 5.41) is 14.5. The van der Waals surface area contributed by atoms with Crippen LogP contribution in [-0.4, -0.2) is 26.1 Å². The number of fused-ring (bicyclic) bond motifs is 1. The first-order chi connectivity index (χ1) is 15.8. The van der Waals surface area contributed by atoms with Gasteiger partial charge in [-0.3, -0.25) is 24.3 Å². The maximum Gasteiger partial charge on any atom is 0.294 e. The molecule has 3 aromatic carbocycles. The molecule has 0 aliphatic carbocycles. The molecule has 0 bridgehead atoms. The fraction of sp³-hybridized carbons (Fsp3) is 0.0455. The Bertz CT molecular complexity index is 1440. The molecule has 0 aliphatic rings. The number of carbonyl (C=O) groups is 1.